The normalized spacial score (nSPS) is 21.2. The number of allylic oxidation sites excluding steroid dienone is 1. The van der Waals surface area contributed by atoms with E-state index in [4.69, 9.17) is 4.74 Å². The third kappa shape index (κ3) is 5.66. The minimum absolute atomic E-state index is 0.154. The van der Waals surface area contributed by atoms with Crippen molar-refractivity contribution >= 4 is 5.70 Å². The van der Waals surface area contributed by atoms with Gasteiger partial charge in [-0.2, -0.15) is 18.4 Å². The second kappa shape index (κ2) is 9.16. The molecule has 0 spiro atoms. The molecule has 0 heterocycles. The number of hydrogen-bond acceptors (Lipinski definition) is 3. The first kappa shape index (κ1) is 21.1. The van der Waals surface area contributed by atoms with Gasteiger partial charge in [-0.05, 0) is 57.6 Å². The van der Waals surface area contributed by atoms with Gasteiger partial charge in [0, 0.05) is 19.2 Å². The van der Waals surface area contributed by atoms with Gasteiger partial charge in [-0.25, -0.2) is 0 Å². The van der Waals surface area contributed by atoms with E-state index < -0.39 is 12.1 Å². The fraction of sp³-hybridized carbons (Fsp3) is 0.571. The molecule has 0 aliphatic heterocycles. The van der Waals surface area contributed by atoms with Gasteiger partial charge in [0.15, 0.2) is 0 Å². The smallest absolute Gasteiger partial charge is 0.391 e. The van der Waals surface area contributed by atoms with Gasteiger partial charge >= 0.3 is 6.18 Å². The van der Waals surface area contributed by atoms with Crippen LogP contribution in [0.4, 0.5) is 13.2 Å². The second-order valence-electron chi connectivity index (χ2n) is 7.20. The van der Waals surface area contributed by atoms with Crippen molar-refractivity contribution in [1.29, 1.82) is 5.26 Å². The largest absolute Gasteiger partial charge is 0.493 e. The van der Waals surface area contributed by atoms with Crippen LogP contribution in [0.2, 0.25) is 0 Å². The van der Waals surface area contributed by atoms with Crippen molar-refractivity contribution in [2.75, 3.05) is 20.2 Å². The molecule has 0 unspecified atom stereocenters. The van der Waals surface area contributed by atoms with Gasteiger partial charge in [0.2, 0.25) is 0 Å². The Morgan fingerprint density at radius 3 is 2.48 bits per heavy atom. The quantitative estimate of drug-likeness (QED) is 0.599. The highest BCUT2D eigenvalue weighted by Gasteiger charge is 2.41. The molecule has 27 heavy (non-hydrogen) atoms. The lowest BCUT2D eigenvalue weighted by Gasteiger charge is -2.29. The molecule has 2 rings (SSSR count). The predicted molar refractivity (Wildman–Crippen MR) is 100.0 cm³/mol. The van der Waals surface area contributed by atoms with E-state index in [1.54, 1.807) is 6.92 Å². The van der Waals surface area contributed by atoms with E-state index in [0.717, 1.165) is 17.8 Å². The van der Waals surface area contributed by atoms with E-state index in [2.05, 4.69) is 6.07 Å². The van der Waals surface area contributed by atoms with E-state index in [-0.39, 0.29) is 18.8 Å². The van der Waals surface area contributed by atoms with Crippen LogP contribution in [-0.2, 0) is 0 Å². The maximum absolute atomic E-state index is 12.8. The van der Waals surface area contributed by atoms with Gasteiger partial charge < -0.3 is 9.64 Å². The Bertz CT molecular complexity index is 698. The molecule has 0 radical (unpaired) electrons. The topological polar surface area (TPSA) is 36.3 Å². The summed E-state index contributed by atoms with van der Waals surface area (Å²) < 4.78 is 44.2. The van der Waals surface area contributed by atoms with Crippen molar-refractivity contribution in [3.05, 3.63) is 35.4 Å². The van der Waals surface area contributed by atoms with Crippen molar-refractivity contribution in [3.8, 4) is 11.8 Å². The Hall–Kier alpha value is -2.16. The molecule has 0 atom stereocenters. The third-order valence-electron chi connectivity index (χ3n) is 5.28. The van der Waals surface area contributed by atoms with Crippen LogP contribution in [0.5, 0.6) is 5.75 Å². The molecule has 6 heteroatoms. The first-order valence-electron chi connectivity index (χ1n) is 9.38. The van der Waals surface area contributed by atoms with Gasteiger partial charge in [-0.1, -0.05) is 12.1 Å². The minimum Gasteiger partial charge on any atom is -0.493 e. The number of nitriles is 1. The van der Waals surface area contributed by atoms with Crippen LogP contribution in [0.25, 0.3) is 5.70 Å². The second-order valence-corrected chi connectivity index (χ2v) is 7.20. The third-order valence-corrected chi connectivity index (χ3v) is 5.28. The van der Waals surface area contributed by atoms with Crippen molar-refractivity contribution in [3.63, 3.8) is 0 Å². The van der Waals surface area contributed by atoms with Crippen LogP contribution in [0, 0.1) is 23.2 Å². The summed E-state index contributed by atoms with van der Waals surface area (Å²) in [5.74, 6) is -0.331. The first-order valence-corrected chi connectivity index (χ1v) is 9.38. The summed E-state index contributed by atoms with van der Waals surface area (Å²) >= 11 is 0. The highest BCUT2D eigenvalue weighted by molar-refractivity contribution is 5.70. The Labute approximate surface area is 159 Å². The number of rotatable bonds is 6. The molecule has 1 aromatic carbocycles. The van der Waals surface area contributed by atoms with Gasteiger partial charge in [-0.3, -0.25) is 0 Å². The molecular formula is C21H27F3N2O. The number of halogens is 3. The monoisotopic (exact) mass is 380 g/mol. The lowest BCUT2D eigenvalue weighted by Crippen LogP contribution is -2.29. The van der Waals surface area contributed by atoms with Gasteiger partial charge in [0.25, 0.3) is 0 Å². The number of benzene rings is 1. The number of alkyl halides is 3. The average Bonchev–Trinajstić information content (AvgIpc) is 2.66. The molecule has 3 nitrogen and oxygen atoms in total. The summed E-state index contributed by atoms with van der Waals surface area (Å²) in [7, 11) is 1.93. The Morgan fingerprint density at radius 2 is 1.93 bits per heavy atom. The predicted octanol–water partition coefficient (Wildman–Crippen LogP) is 5.64. The zero-order valence-electron chi connectivity index (χ0n) is 16.1. The summed E-state index contributed by atoms with van der Waals surface area (Å²) in [6.45, 7) is 4.99. The van der Waals surface area contributed by atoms with Crippen molar-refractivity contribution in [2.24, 2.45) is 11.8 Å². The SMILES string of the molecule is CCN(C)/C(=C(\C)C#N)c1cccc(OCC2CCC(C(F)(F)F)CC2)c1. The summed E-state index contributed by atoms with van der Waals surface area (Å²) in [5, 5.41) is 9.29. The summed E-state index contributed by atoms with van der Waals surface area (Å²) in [6.07, 6.45) is -2.62. The van der Waals surface area contributed by atoms with Gasteiger partial charge in [-0.15, -0.1) is 0 Å². The highest BCUT2D eigenvalue weighted by atomic mass is 19.4. The maximum atomic E-state index is 12.8. The number of hydrogen-bond donors (Lipinski definition) is 0. The molecule has 0 saturated heterocycles. The van der Waals surface area contributed by atoms with Gasteiger partial charge in [0.1, 0.15) is 5.75 Å². The zero-order chi connectivity index (χ0) is 20.0. The number of nitrogens with zero attached hydrogens (tertiary/aromatic N) is 2. The zero-order valence-corrected chi connectivity index (χ0v) is 16.1. The molecule has 1 aliphatic carbocycles. The number of ether oxygens (including phenoxy) is 1. The Morgan fingerprint density at radius 1 is 1.26 bits per heavy atom. The van der Waals surface area contributed by atoms with Crippen molar-refractivity contribution < 1.29 is 17.9 Å². The standard InChI is InChI=1S/C21H27F3N2O/c1-4-26(3)20(15(2)13-25)17-6-5-7-19(12-17)27-14-16-8-10-18(11-9-16)21(22,23)24/h5-7,12,16,18H,4,8-11,14H2,1-3H3/b20-15+. The van der Waals surface area contributed by atoms with E-state index >= 15 is 0 Å². The maximum Gasteiger partial charge on any atom is 0.391 e. The van der Waals surface area contributed by atoms with Crippen LogP contribution < -0.4 is 4.74 Å². The molecular weight excluding hydrogens is 353 g/mol. The fourth-order valence-corrected chi connectivity index (χ4v) is 3.54. The van der Waals surface area contributed by atoms with Crippen LogP contribution in [0.15, 0.2) is 29.8 Å². The van der Waals surface area contributed by atoms with E-state index in [0.29, 0.717) is 30.8 Å². The molecule has 1 aliphatic rings. The first-order chi connectivity index (χ1) is 12.8. The van der Waals surface area contributed by atoms with Crippen LogP contribution in [0.3, 0.4) is 0 Å². The minimum atomic E-state index is -4.08. The van der Waals surface area contributed by atoms with Crippen molar-refractivity contribution in [2.45, 2.75) is 45.7 Å². The van der Waals surface area contributed by atoms with Crippen LogP contribution in [-0.4, -0.2) is 31.3 Å². The molecule has 1 aromatic rings. The lowest BCUT2D eigenvalue weighted by atomic mass is 9.82. The van der Waals surface area contributed by atoms with Gasteiger partial charge in [0.05, 0.1) is 29.9 Å². The highest BCUT2D eigenvalue weighted by Crippen LogP contribution is 2.39. The van der Waals surface area contributed by atoms with E-state index in [9.17, 15) is 18.4 Å². The Kier molecular flexibility index (Phi) is 7.18. The molecule has 0 aromatic heterocycles. The van der Waals surface area contributed by atoms with Crippen LogP contribution >= 0.6 is 0 Å². The molecule has 148 valence electrons. The summed E-state index contributed by atoms with van der Waals surface area (Å²) in [5.41, 5.74) is 2.38. The molecule has 1 fully saturated rings. The van der Waals surface area contributed by atoms with Crippen molar-refractivity contribution in [1.82, 2.24) is 4.90 Å². The average molecular weight is 380 g/mol. The van der Waals surface area contributed by atoms with Crippen LogP contribution in [0.1, 0.15) is 45.1 Å². The molecule has 0 amide bonds. The fourth-order valence-electron chi connectivity index (χ4n) is 3.54. The summed E-state index contributed by atoms with van der Waals surface area (Å²) in [6, 6.07) is 9.75. The molecule has 0 bridgehead atoms. The van der Waals surface area contributed by atoms with E-state index in [1.807, 2.05) is 43.1 Å². The summed E-state index contributed by atoms with van der Waals surface area (Å²) in [4.78, 5) is 2.01. The Balaban J connectivity index is 2.02. The molecule has 0 N–H and O–H groups in total. The lowest BCUT2D eigenvalue weighted by molar-refractivity contribution is -0.184. The van der Waals surface area contributed by atoms with E-state index in [1.165, 1.54) is 0 Å². The molecule has 1 saturated carbocycles.